The number of benzene rings is 3. The molecule has 5 amide bonds. The molecule has 68 heavy (non-hydrogen) atoms. The Kier molecular flexibility index (Phi) is 11.9. The molecule has 0 radical (unpaired) electrons. The van der Waals surface area contributed by atoms with Crippen LogP contribution in [0.15, 0.2) is 85.5 Å². The number of anilines is 4. The number of piperidine rings is 1. The van der Waals surface area contributed by atoms with Crippen molar-refractivity contribution < 1.29 is 23.9 Å². The number of fused-ring (bicyclic) bond motifs is 1. The molecule has 11 rings (SSSR count). The van der Waals surface area contributed by atoms with Crippen molar-refractivity contribution in [3.8, 4) is 5.75 Å². The van der Waals surface area contributed by atoms with Crippen molar-refractivity contribution in [1.82, 2.24) is 44.9 Å². The number of aromatic nitrogens is 4. The van der Waals surface area contributed by atoms with Gasteiger partial charge in [0.25, 0.3) is 5.91 Å². The summed E-state index contributed by atoms with van der Waals surface area (Å²) in [5, 5.41) is 9.01. The van der Waals surface area contributed by atoms with Crippen molar-refractivity contribution in [2.75, 3.05) is 87.7 Å². The first kappa shape index (κ1) is 43.9. The van der Waals surface area contributed by atoms with E-state index in [1.54, 1.807) is 24.5 Å². The van der Waals surface area contributed by atoms with Gasteiger partial charge >= 0.3 is 6.03 Å². The highest BCUT2D eigenvalue weighted by molar-refractivity contribution is 6.07. The Balaban J connectivity index is 0.594. The molecule has 17 heteroatoms. The lowest BCUT2D eigenvalue weighted by Gasteiger charge is -2.57. The van der Waals surface area contributed by atoms with Crippen LogP contribution >= 0.6 is 0 Å². The highest BCUT2D eigenvalue weighted by atomic mass is 16.5. The lowest BCUT2D eigenvalue weighted by atomic mass is 9.60. The predicted molar refractivity (Wildman–Crippen MR) is 258 cm³/mol. The normalized spacial score (nSPS) is 22.3. The predicted octanol–water partition coefficient (Wildman–Crippen LogP) is 5.23. The number of imidazole rings is 1. The zero-order valence-electron chi connectivity index (χ0n) is 38.7. The first-order valence-corrected chi connectivity index (χ1v) is 24.3. The smallest absolute Gasteiger partial charge is 0.328 e. The second-order valence-corrected chi connectivity index (χ2v) is 19.9. The van der Waals surface area contributed by atoms with Crippen LogP contribution in [0.25, 0.3) is 11.2 Å². The highest BCUT2D eigenvalue weighted by Crippen LogP contribution is 2.51. The number of hydrogen-bond acceptors (Lipinski definition) is 12. The first-order chi connectivity index (χ1) is 33.2. The van der Waals surface area contributed by atoms with Crippen LogP contribution in [0.2, 0.25) is 0 Å². The molecule has 2 saturated carbocycles. The fourth-order valence-electron chi connectivity index (χ4n) is 11.5. The molecular formula is C51H60N12O5. The van der Waals surface area contributed by atoms with Crippen molar-refractivity contribution >= 4 is 57.8 Å². The number of urea groups is 1. The SMILES string of the molecule is COc1ccc(C(=O)N2CC(CN3CCC4(CC3)CC(N3CCN(c5ccc(Nc6ncnc7c6ncn7C6CC(NC(=O)Cc7ccccc7)C6)cc5)CC3)C4)C2)cc1N1CCC(=O)NC1=O. The maximum Gasteiger partial charge on any atom is 0.328 e. The summed E-state index contributed by atoms with van der Waals surface area (Å²) in [6.45, 7) is 9.19. The summed E-state index contributed by atoms with van der Waals surface area (Å²) in [5.74, 6) is 1.33. The molecule has 3 aromatic carbocycles. The molecule has 0 atom stereocenters. The van der Waals surface area contributed by atoms with E-state index in [-0.39, 0.29) is 42.8 Å². The summed E-state index contributed by atoms with van der Waals surface area (Å²) < 4.78 is 7.60. The minimum atomic E-state index is -0.502. The Morgan fingerprint density at radius 3 is 2.35 bits per heavy atom. The number of ether oxygens (including phenoxy) is 1. The lowest BCUT2D eigenvalue weighted by molar-refractivity contribution is -0.122. The monoisotopic (exact) mass is 920 g/mol. The maximum absolute atomic E-state index is 13.5. The van der Waals surface area contributed by atoms with E-state index in [2.05, 4.69) is 69.5 Å². The van der Waals surface area contributed by atoms with Gasteiger partial charge in [-0.05, 0) is 105 Å². The topological polar surface area (TPSA) is 173 Å². The van der Waals surface area contributed by atoms with Crippen LogP contribution < -0.4 is 30.5 Å². The number of carbonyl (C=O) groups excluding carboxylic acids is 4. The molecule has 2 aromatic heterocycles. The van der Waals surface area contributed by atoms with Gasteiger partial charge in [-0.2, -0.15) is 0 Å². The zero-order chi connectivity index (χ0) is 46.4. The van der Waals surface area contributed by atoms with Crippen LogP contribution in [0.3, 0.4) is 0 Å². The van der Waals surface area contributed by atoms with Crippen LogP contribution in [0.4, 0.5) is 27.7 Å². The van der Waals surface area contributed by atoms with Crippen molar-refractivity contribution in [3.05, 3.63) is 96.6 Å². The van der Waals surface area contributed by atoms with E-state index in [4.69, 9.17) is 9.72 Å². The average Bonchev–Trinajstić information content (AvgIpc) is 3.75. The number of carbonyl (C=O) groups is 4. The Morgan fingerprint density at radius 1 is 0.853 bits per heavy atom. The van der Waals surface area contributed by atoms with E-state index in [1.165, 1.54) is 43.4 Å². The number of imide groups is 1. The number of likely N-dealkylation sites (tertiary alicyclic amines) is 2. The molecule has 6 heterocycles. The third-order valence-electron chi connectivity index (χ3n) is 15.5. The van der Waals surface area contributed by atoms with Gasteiger partial charge in [0.15, 0.2) is 17.0 Å². The number of hydrogen-bond donors (Lipinski definition) is 3. The molecule has 2 aliphatic carbocycles. The second-order valence-electron chi connectivity index (χ2n) is 19.9. The van der Waals surface area contributed by atoms with Crippen molar-refractivity contribution in [2.45, 2.75) is 69.5 Å². The molecule has 354 valence electrons. The van der Waals surface area contributed by atoms with Gasteiger partial charge in [-0.25, -0.2) is 19.7 Å². The zero-order valence-corrected chi connectivity index (χ0v) is 38.7. The molecule has 5 aromatic rings. The van der Waals surface area contributed by atoms with E-state index in [1.807, 2.05) is 41.6 Å². The molecule has 4 saturated heterocycles. The van der Waals surface area contributed by atoms with Gasteiger partial charge in [0, 0.05) is 99.8 Å². The summed E-state index contributed by atoms with van der Waals surface area (Å²) in [4.78, 5) is 75.3. The van der Waals surface area contributed by atoms with Gasteiger partial charge in [0.2, 0.25) is 11.8 Å². The molecular weight excluding hydrogens is 861 g/mol. The number of nitrogens with zero attached hydrogens (tertiary/aromatic N) is 9. The summed E-state index contributed by atoms with van der Waals surface area (Å²) in [6, 6.07) is 24.2. The van der Waals surface area contributed by atoms with Crippen LogP contribution in [-0.2, 0) is 16.0 Å². The van der Waals surface area contributed by atoms with E-state index < -0.39 is 6.03 Å². The number of nitrogens with one attached hydrogen (secondary N) is 3. The molecule has 6 fully saturated rings. The van der Waals surface area contributed by atoms with E-state index >= 15 is 0 Å². The van der Waals surface area contributed by atoms with E-state index in [0.29, 0.717) is 46.6 Å². The van der Waals surface area contributed by atoms with Gasteiger partial charge in [-0.3, -0.25) is 29.5 Å². The molecule has 6 aliphatic rings. The van der Waals surface area contributed by atoms with Crippen molar-refractivity contribution in [1.29, 1.82) is 0 Å². The third-order valence-corrected chi connectivity index (χ3v) is 15.5. The van der Waals surface area contributed by atoms with Crippen LogP contribution in [0.1, 0.15) is 66.9 Å². The van der Waals surface area contributed by atoms with Crippen LogP contribution in [-0.4, -0.2) is 143 Å². The van der Waals surface area contributed by atoms with Gasteiger partial charge in [-0.15, -0.1) is 0 Å². The van der Waals surface area contributed by atoms with Crippen molar-refractivity contribution in [3.63, 3.8) is 0 Å². The van der Waals surface area contributed by atoms with Gasteiger partial charge < -0.3 is 34.6 Å². The van der Waals surface area contributed by atoms with Gasteiger partial charge in [0.1, 0.15) is 12.1 Å². The number of rotatable bonds is 13. The summed E-state index contributed by atoms with van der Waals surface area (Å²) in [6.07, 6.45) is 10.8. The maximum atomic E-state index is 13.5. The summed E-state index contributed by atoms with van der Waals surface area (Å²) in [7, 11) is 1.53. The highest BCUT2D eigenvalue weighted by Gasteiger charge is 2.48. The number of methoxy groups -OCH3 is 1. The third kappa shape index (κ3) is 8.96. The van der Waals surface area contributed by atoms with Gasteiger partial charge in [0.05, 0.1) is 25.5 Å². The quantitative estimate of drug-likeness (QED) is 0.141. The number of amides is 5. The molecule has 4 aliphatic heterocycles. The fraction of sp³-hybridized carbons (Fsp3) is 0.471. The second kappa shape index (κ2) is 18.5. The van der Waals surface area contributed by atoms with Crippen molar-refractivity contribution in [2.24, 2.45) is 11.3 Å². The summed E-state index contributed by atoms with van der Waals surface area (Å²) >= 11 is 0. The lowest BCUT2D eigenvalue weighted by Crippen LogP contribution is -2.60. The van der Waals surface area contributed by atoms with E-state index in [9.17, 15) is 19.2 Å². The minimum absolute atomic E-state index is 0.0439. The first-order valence-electron chi connectivity index (χ1n) is 24.3. The largest absolute Gasteiger partial charge is 0.495 e. The molecule has 0 unspecified atom stereocenters. The minimum Gasteiger partial charge on any atom is -0.495 e. The number of piperazine rings is 1. The Bertz CT molecular complexity index is 2660. The molecule has 3 N–H and O–H groups in total. The van der Waals surface area contributed by atoms with Gasteiger partial charge in [-0.1, -0.05) is 30.3 Å². The molecule has 1 spiro atoms. The Hall–Kier alpha value is -6.59. The Morgan fingerprint density at radius 2 is 1.62 bits per heavy atom. The van der Waals surface area contributed by atoms with E-state index in [0.717, 1.165) is 94.2 Å². The molecule has 0 bridgehead atoms. The van der Waals surface area contributed by atoms with Crippen LogP contribution in [0.5, 0.6) is 5.75 Å². The molecule has 17 nitrogen and oxygen atoms in total. The standard InChI is InChI=1S/C51H60N12O5/c1-68-43-12-7-36(24-42(43)62-16-13-44(64)57-50(62)67)49(66)61-30-35(31-61)29-58-17-14-51(15-18-58)27-41(28-51)60-21-19-59(20-22-60)39-10-8-37(9-11-39)56-47-46-48(53-32-52-47)63(33-54-46)40-25-38(26-40)55-45(65)23-34-5-3-2-4-6-34/h2-12,24,32-33,35,38,40-41H,13-23,25-31H2,1H3,(H,55,65)(H,52,53,56)(H,57,64,67). The fourth-order valence-corrected chi connectivity index (χ4v) is 11.5. The Labute approximate surface area is 396 Å². The van der Waals surface area contributed by atoms with Crippen LogP contribution in [0, 0.1) is 11.3 Å². The average molecular weight is 921 g/mol. The summed E-state index contributed by atoms with van der Waals surface area (Å²) in [5.41, 5.74) is 6.22.